The molecule has 0 aliphatic carbocycles. The van der Waals surface area contributed by atoms with Crippen LogP contribution in [0.4, 0.5) is 0 Å². The highest BCUT2D eigenvalue weighted by Gasteiger charge is 2.64. The molecule has 1 saturated heterocycles. The van der Waals surface area contributed by atoms with Crippen molar-refractivity contribution in [2.75, 3.05) is 14.2 Å². The number of methoxy groups -OCH3 is 2. The summed E-state index contributed by atoms with van der Waals surface area (Å²) in [7, 11) is 2.62. The Morgan fingerprint density at radius 3 is 2.50 bits per heavy atom. The number of carbonyl (C=O) groups is 1. The number of esters is 1. The van der Waals surface area contributed by atoms with Gasteiger partial charge in [0.25, 0.3) is 5.79 Å². The Labute approximate surface area is 123 Å². The van der Waals surface area contributed by atoms with E-state index in [1.54, 1.807) is 12.1 Å². The molecule has 6 nitrogen and oxygen atoms in total. The summed E-state index contributed by atoms with van der Waals surface area (Å²) in [6.07, 6.45) is 1.50. The van der Waals surface area contributed by atoms with Gasteiger partial charge < -0.3 is 9.47 Å². The third kappa shape index (κ3) is 1.82. The van der Waals surface area contributed by atoms with Gasteiger partial charge in [0.15, 0.2) is 0 Å². The number of carbonyl (C=O) groups excluding carboxylic acids is 1. The number of fused-ring (bicyclic) bond motifs is 2. The van der Waals surface area contributed by atoms with Crippen LogP contribution in [0.1, 0.15) is 5.56 Å². The van der Waals surface area contributed by atoms with Gasteiger partial charge in [-0.25, -0.2) is 4.79 Å². The molecule has 2 aliphatic heterocycles. The van der Waals surface area contributed by atoms with Crippen LogP contribution in [0, 0.1) is 0 Å². The summed E-state index contributed by atoms with van der Waals surface area (Å²) in [5, 5.41) is 0. The summed E-state index contributed by atoms with van der Waals surface area (Å²) in [5.41, 5.74) is 0.773. The fourth-order valence-corrected chi connectivity index (χ4v) is 2.40. The first-order chi connectivity index (χ1) is 9.55. The van der Waals surface area contributed by atoms with Gasteiger partial charge in [-0.2, -0.15) is 9.78 Å². The van der Waals surface area contributed by atoms with E-state index in [2.05, 4.69) is 15.9 Å². The molecule has 0 saturated carbocycles. The Bertz CT molecular complexity index is 583. The van der Waals surface area contributed by atoms with E-state index in [0.717, 1.165) is 4.47 Å². The van der Waals surface area contributed by atoms with E-state index in [0.29, 0.717) is 5.56 Å². The Hall–Kier alpha value is -1.25. The molecule has 2 atom stereocenters. The molecule has 2 heterocycles. The molecule has 0 radical (unpaired) electrons. The molecule has 0 N–H and O–H groups in total. The first-order valence-corrected chi connectivity index (χ1v) is 6.54. The minimum Gasteiger partial charge on any atom is -0.465 e. The van der Waals surface area contributed by atoms with Gasteiger partial charge in [-0.1, -0.05) is 28.1 Å². The summed E-state index contributed by atoms with van der Waals surface area (Å²) in [6, 6.07) is 7.23. The number of ether oxygens (including phenoxy) is 3. The SMILES string of the molecule is COC(=O)C1=CC2(c3ccc(Br)cc3)OOC1(OC)O2. The van der Waals surface area contributed by atoms with Crippen LogP contribution < -0.4 is 0 Å². The molecular weight excluding hydrogens is 332 g/mol. The third-order valence-electron chi connectivity index (χ3n) is 3.15. The van der Waals surface area contributed by atoms with Crippen molar-refractivity contribution in [3.05, 3.63) is 46.0 Å². The first kappa shape index (κ1) is 13.7. The van der Waals surface area contributed by atoms with E-state index >= 15 is 0 Å². The number of hydrogen-bond acceptors (Lipinski definition) is 6. The van der Waals surface area contributed by atoms with Gasteiger partial charge in [0.2, 0.25) is 0 Å². The second-order valence-corrected chi connectivity index (χ2v) is 5.17. The zero-order valence-corrected chi connectivity index (χ0v) is 12.3. The normalized spacial score (nSPS) is 31.2. The van der Waals surface area contributed by atoms with E-state index < -0.39 is 17.7 Å². The summed E-state index contributed by atoms with van der Waals surface area (Å²) in [5.74, 6) is -3.62. The maximum atomic E-state index is 11.8. The van der Waals surface area contributed by atoms with E-state index in [1.807, 2.05) is 12.1 Å². The lowest BCUT2D eigenvalue weighted by Crippen LogP contribution is -2.36. The van der Waals surface area contributed by atoms with Crippen LogP contribution in [0.2, 0.25) is 0 Å². The maximum Gasteiger partial charge on any atom is 0.350 e. The van der Waals surface area contributed by atoms with Crippen molar-refractivity contribution < 1.29 is 28.8 Å². The predicted molar refractivity (Wildman–Crippen MR) is 68.9 cm³/mol. The number of halogens is 1. The van der Waals surface area contributed by atoms with Crippen LogP contribution >= 0.6 is 15.9 Å². The smallest absolute Gasteiger partial charge is 0.350 e. The Morgan fingerprint density at radius 2 is 1.90 bits per heavy atom. The molecule has 0 aromatic heterocycles. The van der Waals surface area contributed by atoms with Crippen molar-refractivity contribution in [3.63, 3.8) is 0 Å². The average Bonchev–Trinajstić information content (AvgIpc) is 3.02. The molecule has 7 heteroatoms. The summed E-state index contributed by atoms with van der Waals surface area (Å²) in [4.78, 5) is 22.1. The fourth-order valence-electron chi connectivity index (χ4n) is 2.13. The van der Waals surface area contributed by atoms with Gasteiger partial charge in [0.05, 0.1) is 7.11 Å². The van der Waals surface area contributed by atoms with Crippen molar-refractivity contribution in [2.45, 2.75) is 11.8 Å². The minimum absolute atomic E-state index is 0.108. The lowest BCUT2D eigenvalue weighted by atomic mass is 10.0. The molecule has 3 rings (SSSR count). The van der Waals surface area contributed by atoms with E-state index in [-0.39, 0.29) is 5.57 Å². The van der Waals surface area contributed by atoms with Crippen molar-refractivity contribution in [1.29, 1.82) is 0 Å². The first-order valence-electron chi connectivity index (χ1n) is 5.75. The number of benzene rings is 1. The largest absolute Gasteiger partial charge is 0.465 e. The molecule has 0 spiro atoms. The number of hydrogen-bond donors (Lipinski definition) is 0. The third-order valence-corrected chi connectivity index (χ3v) is 3.67. The Kier molecular flexibility index (Phi) is 3.19. The molecule has 2 unspecified atom stereocenters. The molecule has 20 heavy (non-hydrogen) atoms. The highest BCUT2D eigenvalue weighted by molar-refractivity contribution is 9.10. The standard InChI is InChI=1S/C13H11BrO6/c1-16-11(15)10-7-12(8-3-5-9(14)6-4-8)18-13(10,17-2)20-19-12/h3-7H,1-2H3. The van der Waals surface area contributed by atoms with Gasteiger partial charge in [0.1, 0.15) is 5.57 Å². The van der Waals surface area contributed by atoms with Crippen LogP contribution in [0.5, 0.6) is 0 Å². The number of rotatable bonds is 3. The predicted octanol–water partition coefficient (Wildman–Crippen LogP) is 1.99. The monoisotopic (exact) mass is 342 g/mol. The van der Waals surface area contributed by atoms with Gasteiger partial charge in [-0.3, -0.25) is 4.74 Å². The molecule has 1 fully saturated rings. The lowest BCUT2D eigenvalue weighted by Gasteiger charge is -2.20. The minimum atomic E-state index is -1.69. The van der Waals surface area contributed by atoms with Crippen molar-refractivity contribution in [1.82, 2.24) is 0 Å². The summed E-state index contributed by atoms with van der Waals surface area (Å²) in [6.45, 7) is 0. The van der Waals surface area contributed by atoms with Crippen molar-refractivity contribution in [3.8, 4) is 0 Å². The quantitative estimate of drug-likeness (QED) is 0.618. The summed E-state index contributed by atoms with van der Waals surface area (Å²) >= 11 is 3.35. The zero-order valence-electron chi connectivity index (χ0n) is 10.7. The second kappa shape index (κ2) is 4.64. The Morgan fingerprint density at radius 1 is 1.20 bits per heavy atom. The lowest BCUT2D eigenvalue weighted by molar-refractivity contribution is -0.399. The highest BCUT2D eigenvalue weighted by atomic mass is 79.9. The molecule has 2 aliphatic rings. The second-order valence-electron chi connectivity index (χ2n) is 4.25. The molecule has 1 aromatic rings. The molecule has 2 bridgehead atoms. The molecule has 1 aromatic carbocycles. The van der Waals surface area contributed by atoms with Gasteiger partial charge in [-0.05, 0) is 12.1 Å². The van der Waals surface area contributed by atoms with Gasteiger partial charge in [0, 0.05) is 23.2 Å². The van der Waals surface area contributed by atoms with E-state index in [9.17, 15) is 4.79 Å². The van der Waals surface area contributed by atoms with Gasteiger partial charge in [-0.15, -0.1) is 0 Å². The van der Waals surface area contributed by atoms with Crippen molar-refractivity contribution in [2.24, 2.45) is 0 Å². The van der Waals surface area contributed by atoms with Crippen LogP contribution in [0.25, 0.3) is 0 Å². The molecule has 106 valence electrons. The van der Waals surface area contributed by atoms with E-state index in [1.165, 1.54) is 20.3 Å². The van der Waals surface area contributed by atoms with Gasteiger partial charge >= 0.3 is 11.9 Å². The fraction of sp³-hybridized carbons (Fsp3) is 0.308. The average molecular weight is 343 g/mol. The zero-order chi connectivity index (χ0) is 14.4. The van der Waals surface area contributed by atoms with E-state index in [4.69, 9.17) is 24.0 Å². The maximum absolute atomic E-state index is 11.8. The van der Waals surface area contributed by atoms with Crippen LogP contribution in [0.15, 0.2) is 40.4 Å². The topological polar surface area (TPSA) is 63.2 Å². The molecule has 0 amide bonds. The van der Waals surface area contributed by atoms with Crippen molar-refractivity contribution >= 4 is 21.9 Å². The van der Waals surface area contributed by atoms with Crippen LogP contribution in [-0.2, 0) is 34.6 Å². The summed E-state index contributed by atoms with van der Waals surface area (Å²) < 4.78 is 16.4. The highest BCUT2D eigenvalue weighted by Crippen LogP contribution is 2.52. The molecular formula is C13H11BrO6. The van der Waals surface area contributed by atoms with Crippen LogP contribution in [0.3, 0.4) is 0 Å². The Balaban J connectivity index is 2.06. The van der Waals surface area contributed by atoms with Crippen LogP contribution in [-0.4, -0.2) is 26.2 Å².